The first-order valence-corrected chi connectivity index (χ1v) is 8.35. The van der Waals surface area contributed by atoms with Crippen LogP contribution >= 0.6 is 0 Å². The summed E-state index contributed by atoms with van der Waals surface area (Å²) in [5.41, 5.74) is -0.185. The molecule has 0 saturated carbocycles. The lowest BCUT2D eigenvalue weighted by Gasteiger charge is -2.02. The van der Waals surface area contributed by atoms with Crippen LogP contribution in [0.4, 0.5) is 11.4 Å². The van der Waals surface area contributed by atoms with Crippen LogP contribution in [0.2, 0.25) is 0 Å². The van der Waals surface area contributed by atoms with E-state index in [4.69, 9.17) is 14.9 Å². The predicted molar refractivity (Wildman–Crippen MR) is 101 cm³/mol. The van der Waals surface area contributed by atoms with Gasteiger partial charge in [-0.3, -0.25) is 29.8 Å². The number of carboxylic acids is 1. The molecule has 0 saturated heterocycles. The summed E-state index contributed by atoms with van der Waals surface area (Å²) in [6, 6.07) is 7.27. The van der Waals surface area contributed by atoms with E-state index in [0.29, 0.717) is 5.56 Å². The van der Waals surface area contributed by atoms with Crippen LogP contribution < -0.4 is 0 Å². The molecule has 0 unspecified atom stereocenters. The molecule has 0 fully saturated rings. The molecule has 12 nitrogen and oxygen atoms in total. The minimum absolute atomic E-state index is 0.0467. The molecule has 0 aromatic heterocycles. The van der Waals surface area contributed by atoms with Crippen molar-refractivity contribution in [2.75, 3.05) is 6.61 Å². The van der Waals surface area contributed by atoms with Gasteiger partial charge in [0.1, 0.15) is 0 Å². The van der Waals surface area contributed by atoms with Gasteiger partial charge in [-0.1, -0.05) is 12.1 Å². The number of nitro groups is 2. The lowest BCUT2D eigenvalue weighted by molar-refractivity contribution is -0.386. The Balaban J connectivity index is 0.000000303. The maximum Gasteiger partial charge on any atom is 0.310 e. The van der Waals surface area contributed by atoms with Crippen LogP contribution in [-0.4, -0.2) is 43.7 Å². The molecule has 0 aliphatic rings. The highest BCUT2D eigenvalue weighted by molar-refractivity contribution is 5.73. The Kier molecular flexibility index (Phi) is 8.69. The SMILES string of the molecule is CCOC(=O)Cc1ccc(O)c([N+](=O)[O-])c1.O=C(O)Cc1ccc(O)c([N+](=O)[O-])c1. The molecule has 2 aromatic carbocycles. The van der Waals surface area contributed by atoms with Crippen LogP contribution in [-0.2, 0) is 27.2 Å². The number of rotatable bonds is 7. The number of hydrogen-bond donors (Lipinski definition) is 3. The van der Waals surface area contributed by atoms with Crippen LogP contribution in [0.25, 0.3) is 0 Å². The van der Waals surface area contributed by atoms with Gasteiger partial charge in [0.25, 0.3) is 0 Å². The Morgan fingerprint density at radius 3 is 1.70 bits per heavy atom. The van der Waals surface area contributed by atoms with Gasteiger partial charge in [0, 0.05) is 12.1 Å². The normalized spacial score (nSPS) is 9.77. The summed E-state index contributed by atoms with van der Waals surface area (Å²) in [4.78, 5) is 40.8. The first-order valence-electron chi connectivity index (χ1n) is 8.35. The largest absolute Gasteiger partial charge is 0.502 e. The Hall–Kier alpha value is -4.22. The maximum absolute atomic E-state index is 11.1. The number of benzene rings is 2. The van der Waals surface area contributed by atoms with E-state index in [1.165, 1.54) is 18.2 Å². The van der Waals surface area contributed by atoms with E-state index >= 15 is 0 Å². The number of nitro benzene ring substituents is 2. The van der Waals surface area contributed by atoms with Gasteiger partial charge in [0.2, 0.25) is 0 Å². The number of nitrogens with zero attached hydrogens (tertiary/aromatic N) is 2. The van der Waals surface area contributed by atoms with Crippen LogP contribution in [0.1, 0.15) is 18.1 Å². The zero-order valence-electron chi connectivity index (χ0n) is 15.7. The first kappa shape index (κ1) is 23.8. The van der Waals surface area contributed by atoms with E-state index in [1.807, 2.05) is 0 Å². The second kappa shape index (κ2) is 10.9. The monoisotopic (exact) mass is 422 g/mol. The summed E-state index contributed by atoms with van der Waals surface area (Å²) < 4.78 is 4.71. The van der Waals surface area contributed by atoms with Crippen molar-refractivity contribution in [1.29, 1.82) is 0 Å². The summed E-state index contributed by atoms with van der Waals surface area (Å²) in [6.07, 6.45) is -0.351. The number of carbonyl (C=O) groups is 2. The van der Waals surface area contributed by atoms with E-state index in [9.17, 15) is 34.9 Å². The second-order valence-corrected chi connectivity index (χ2v) is 5.71. The molecule has 2 rings (SSSR count). The van der Waals surface area contributed by atoms with Crippen molar-refractivity contribution in [3.63, 3.8) is 0 Å². The molecule has 0 spiro atoms. The van der Waals surface area contributed by atoms with Crippen LogP contribution in [0, 0.1) is 20.2 Å². The van der Waals surface area contributed by atoms with E-state index in [2.05, 4.69) is 0 Å². The smallest absolute Gasteiger partial charge is 0.310 e. The number of carboxylic acid groups (broad SMARTS) is 1. The molecule has 160 valence electrons. The predicted octanol–water partition coefficient (Wildman–Crippen LogP) is 2.33. The summed E-state index contributed by atoms with van der Waals surface area (Å²) in [6.45, 7) is 1.94. The summed E-state index contributed by atoms with van der Waals surface area (Å²) in [5, 5.41) is 47.5. The van der Waals surface area contributed by atoms with Crippen molar-refractivity contribution in [3.8, 4) is 11.5 Å². The van der Waals surface area contributed by atoms with E-state index in [0.717, 1.165) is 18.2 Å². The highest BCUT2D eigenvalue weighted by Gasteiger charge is 2.15. The topological polar surface area (TPSA) is 190 Å². The molecule has 0 radical (unpaired) electrons. The summed E-state index contributed by atoms with van der Waals surface area (Å²) >= 11 is 0. The lowest BCUT2D eigenvalue weighted by atomic mass is 10.1. The Morgan fingerprint density at radius 1 is 0.900 bits per heavy atom. The van der Waals surface area contributed by atoms with Gasteiger partial charge in [-0.2, -0.15) is 0 Å². The van der Waals surface area contributed by atoms with Crippen molar-refractivity contribution in [2.45, 2.75) is 19.8 Å². The summed E-state index contributed by atoms with van der Waals surface area (Å²) in [5.74, 6) is -2.42. The molecule has 3 N–H and O–H groups in total. The van der Waals surface area contributed by atoms with Gasteiger partial charge < -0.3 is 20.1 Å². The molecule has 0 atom stereocenters. The zero-order chi connectivity index (χ0) is 22.8. The number of phenols is 2. The van der Waals surface area contributed by atoms with Crippen molar-refractivity contribution in [1.82, 2.24) is 0 Å². The Bertz CT molecular complexity index is 958. The van der Waals surface area contributed by atoms with Crippen molar-refractivity contribution < 1.29 is 39.5 Å². The number of phenolic OH excluding ortho intramolecular Hbond substituents is 2. The molecule has 0 aliphatic carbocycles. The third-order valence-electron chi connectivity index (χ3n) is 3.48. The number of carbonyl (C=O) groups excluding carboxylic acids is 1. The molecule has 0 bridgehead atoms. The third kappa shape index (κ3) is 7.42. The van der Waals surface area contributed by atoms with Gasteiger partial charge in [0.15, 0.2) is 11.5 Å². The van der Waals surface area contributed by atoms with Gasteiger partial charge in [-0.05, 0) is 30.2 Å². The minimum Gasteiger partial charge on any atom is -0.502 e. The van der Waals surface area contributed by atoms with Crippen LogP contribution in [0.15, 0.2) is 36.4 Å². The average molecular weight is 422 g/mol. The fourth-order valence-corrected chi connectivity index (χ4v) is 2.20. The number of ether oxygens (including phenoxy) is 1. The van der Waals surface area contributed by atoms with Crippen LogP contribution in [0.5, 0.6) is 11.5 Å². The van der Waals surface area contributed by atoms with Crippen LogP contribution in [0.3, 0.4) is 0 Å². The molecular formula is C18H18N2O10. The van der Waals surface area contributed by atoms with Crippen molar-refractivity contribution in [2.24, 2.45) is 0 Å². The molecule has 0 aliphatic heterocycles. The van der Waals surface area contributed by atoms with Gasteiger partial charge in [-0.25, -0.2) is 0 Å². The van der Waals surface area contributed by atoms with Gasteiger partial charge >= 0.3 is 23.3 Å². The minimum atomic E-state index is -1.08. The van der Waals surface area contributed by atoms with Gasteiger partial charge in [-0.15, -0.1) is 0 Å². The highest BCUT2D eigenvalue weighted by Crippen LogP contribution is 2.27. The fraction of sp³-hybridized carbons (Fsp3) is 0.222. The summed E-state index contributed by atoms with van der Waals surface area (Å²) in [7, 11) is 0. The number of aromatic hydroxyl groups is 2. The number of aliphatic carboxylic acids is 1. The molecule has 2 aromatic rings. The van der Waals surface area contributed by atoms with Crippen molar-refractivity contribution in [3.05, 3.63) is 67.8 Å². The molecule has 30 heavy (non-hydrogen) atoms. The molecular weight excluding hydrogens is 404 g/mol. The number of hydrogen-bond acceptors (Lipinski definition) is 9. The van der Waals surface area contributed by atoms with Gasteiger partial charge in [0.05, 0.1) is 29.3 Å². The average Bonchev–Trinajstić information content (AvgIpc) is 2.65. The zero-order valence-corrected chi connectivity index (χ0v) is 15.7. The second-order valence-electron chi connectivity index (χ2n) is 5.71. The fourth-order valence-electron chi connectivity index (χ4n) is 2.20. The van der Waals surface area contributed by atoms with E-state index in [-0.39, 0.29) is 25.0 Å². The third-order valence-corrected chi connectivity index (χ3v) is 3.48. The first-order chi connectivity index (χ1) is 14.0. The standard InChI is InChI=1S/C10H11NO5.C8H7NO5/c1-2-16-10(13)6-7-3-4-9(12)8(5-7)11(14)15;10-7-2-1-5(4-8(11)12)3-6(7)9(13)14/h3-5,12H,2,6H2,1H3;1-3,10H,4H2,(H,11,12). The van der Waals surface area contributed by atoms with Crippen molar-refractivity contribution >= 4 is 23.3 Å². The quantitative estimate of drug-likeness (QED) is 0.339. The molecule has 0 heterocycles. The highest BCUT2D eigenvalue weighted by atomic mass is 16.6. The lowest BCUT2D eigenvalue weighted by Crippen LogP contribution is -2.07. The Morgan fingerprint density at radius 2 is 1.33 bits per heavy atom. The van der Waals surface area contributed by atoms with E-state index < -0.39 is 44.7 Å². The van der Waals surface area contributed by atoms with E-state index in [1.54, 1.807) is 6.92 Å². The molecule has 12 heteroatoms. The Labute approximate surface area is 169 Å². The maximum atomic E-state index is 11.1. The number of esters is 1. The molecule has 0 amide bonds.